The van der Waals surface area contributed by atoms with Gasteiger partial charge in [0, 0.05) is 12.6 Å². The summed E-state index contributed by atoms with van der Waals surface area (Å²) in [6.45, 7) is 0.385. The minimum atomic E-state index is -3.92. The molecule has 1 saturated heterocycles. The summed E-state index contributed by atoms with van der Waals surface area (Å²) < 4.78 is 28.2. The van der Waals surface area contributed by atoms with Crippen molar-refractivity contribution in [3.63, 3.8) is 0 Å². The van der Waals surface area contributed by atoms with Gasteiger partial charge in [-0.1, -0.05) is 41.4 Å². The summed E-state index contributed by atoms with van der Waals surface area (Å²) in [5, 5.41) is 2.98. The maximum atomic E-state index is 12.8. The summed E-state index contributed by atoms with van der Waals surface area (Å²) in [6, 6.07) is 11.1. The summed E-state index contributed by atoms with van der Waals surface area (Å²) in [5.74, 6) is -0.138. The molecule has 136 valence electrons. The van der Waals surface area contributed by atoms with Crippen molar-refractivity contribution in [3.8, 4) is 0 Å². The van der Waals surface area contributed by atoms with E-state index in [9.17, 15) is 13.2 Å². The second-order valence-corrected chi connectivity index (χ2v) is 8.74. The molecule has 2 atom stereocenters. The first-order valence-corrected chi connectivity index (χ1v) is 10.2. The van der Waals surface area contributed by atoms with Gasteiger partial charge in [0.25, 0.3) is 0 Å². The number of rotatable bonds is 3. The Morgan fingerprint density at radius 2 is 1.77 bits per heavy atom. The van der Waals surface area contributed by atoms with Crippen LogP contribution in [0.2, 0.25) is 10.0 Å². The number of hydrogen-bond acceptors (Lipinski definition) is 4. The SMILES string of the molecule is O=C1Nc2ccccc2N2CC(NS(=O)(=O)c3c(Cl)cccc3Cl)CC12. The van der Waals surface area contributed by atoms with Gasteiger partial charge in [0.2, 0.25) is 15.9 Å². The highest BCUT2D eigenvalue weighted by molar-refractivity contribution is 7.89. The highest BCUT2D eigenvalue weighted by Gasteiger charge is 2.42. The van der Waals surface area contributed by atoms with Crippen molar-refractivity contribution in [2.75, 3.05) is 16.8 Å². The van der Waals surface area contributed by atoms with Crippen LogP contribution in [0.3, 0.4) is 0 Å². The third-order valence-electron chi connectivity index (χ3n) is 4.58. The molecule has 2 aliphatic rings. The van der Waals surface area contributed by atoms with Crippen LogP contribution in [0.15, 0.2) is 47.4 Å². The van der Waals surface area contributed by atoms with Gasteiger partial charge in [-0.05, 0) is 30.7 Å². The Bertz CT molecular complexity index is 976. The first-order chi connectivity index (χ1) is 12.4. The minimum Gasteiger partial charge on any atom is -0.356 e. The molecule has 2 unspecified atom stereocenters. The Labute approximate surface area is 161 Å². The van der Waals surface area contributed by atoms with E-state index < -0.39 is 22.1 Å². The lowest BCUT2D eigenvalue weighted by Crippen LogP contribution is -2.44. The fourth-order valence-corrected chi connectivity index (χ4v) is 5.88. The van der Waals surface area contributed by atoms with E-state index in [-0.39, 0.29) is 20.8 Å². The molecule has 2 aromatic carbocycles. The topological polar surface area (TPSA) is 78.5 Å². The van der Waals surface area contributed by atoms with Crippen LogP contribution in [-0.4, -0.2) is 33.0 Å². The van der Waals surface area contributed by atoms with Crippen LogP contribution in [0.5, 0.6) is 0 Å². The molecule has 0 aliphatic carbocycles. The number of carbonyl (C=O) groups is 1. The van der Waals surface area contributed by atoms with Crippen molar-refractivity contribution < 1.29 is 13.2 Å². The van der Waals surface area contributed by atoms with E-state index in [0.717, 1.165) is 11.4 Å². The zero-order valence-corrected chi connectivity index (χ0v) is 15.8. The predicted octanol–water partition coefficient (Wildman–Crippen LogP) is 2.87. The van der Waals surface area contributed by atoms with Crippen molar-refractivity contribution >= 4 is 50.5 Å². The lowest BCUT2D eigenvalue weighted by Gasteiger charge is -2.32. The van der Waals surface area contributed by atoms with E-state index >= 15 is 0 Å². The Hall–Kier alpha value is -1.80. The molecule has 1 amide bonds. The largest absolute Gasteiger partial charge is 0.356 e. The molecule has 26 heavy (non-hydrogen) atoms. The lowest BCUT2D eigenvalue weighted by atomic mass is 10.1. The molecule has 0 saturated carbocycles. The molecule has 2 aliphatic heterocycles. The Morgan fingerprint density at radius 1 is 1.08 bits per heavy atom. The Kier molecular flexibility index (Phi) is 4.35. The second kappa shape index (κ2) is 6.42. The van der Waals surface area contributed by atoms with E-state index in [1.807, 2.05) is 29.2 Å². The van der Waals surface area contributed by atoms with E-state index in [1.165, 1.54) is 12.1 Å². The number of halogens is 2. The zero-order valence-electron chi connectivity index (χ0n) is 13.4. The molecule has 9 heteroatoms. The molecule has 2 aromatic rings. The molecule has 6 nitrogen and oxygen atoms in total. The first-order valence-electron chi connectivity index (χ1n) is 8.00. The van der Waals surface area contributed by atoms with Crippen molar-refractivity contribution in [2.45, 2.75) is 23.4 Å². The number of benzene rings is 2. The third-order valence-corrected chi connectivity index (χ3v) is 7.06. The fourth-order valence-electron chi connectivity index (χ4n) is 3.50. The van der Waals surface area contributed by atoms with Gasteiger partial charge in [0.1, 0.15) is 10.9 Å². The summed E-state index contributed by atoms with van der Waals surface area (Å²) in [6.07, 6.45) is 0.363. The maximum Gasteiger partial charge on any atom is 0.247 e. The Morgan fingerprint density at radius 3 is 2.50 bits per heavy atom. The Balaban J connectivity index is 1.61. The van der Waals surface area contributed by atoms with Gasteiger partial charge in [-0.2, -0.15) is 0 Å². The number of hydrogen-bond donors (Lipinski definition) is 2. The molecule has 2 heterocycles. The van der Waals surface area contributed by atoms with Gasteiger partial charge in [-0.25, -0.2) is 13.1 Å². The smallest absolute Gasteiger partial charge is 0.247 e. The zero-order chi connectivity index (χ0) is 18.5. The van der Waals surface area contributed by atoms with Gasteiger partial charge in [0.15, 0.2) is 0 Å². The predicted molar refractivity (Wildman–Crippen MR) is 101 cm³/mol. The number of carbonyl (C=O) groups excluding carboxylic acids is 1. The number of nitrogens with one attached hydrogen (secondary N) is 2. The number of amides is 1. The van der Waals surface area contributed by atoms with Gasteiger partial charge < -0.3 is 10.2 Å². The summed E-state index contributed by atoms with van der Waals surface area (Å²) in [7, 11) is -3.92. The van der Waals surface area contributed by atoms with Crippen LogP contribution in [0.25, 0.3) is 0 Å². The average Bonchev–Trinajstić information content (AvgIpc) is 2.98. The number of sulfonamides is 1. The monoisotopic (exact) mass is 411 g/mol. The van der Waals surface area contributed by atoms with Gasteiger partial charge in [-0.3, -0.25) is 4.79 Å². The summed E-state index contributed by atoms with van der Waals surface area (Å²) >= 11 is 12.1. The normalized spacial score (nSPS) is 21.9. The van der Waals surface area contributed by atoms with E-state index in [4.69, 9.17) is 23.2 Å². The summed E-state index contributed by atoms with van der Waals surface area (Å²) in [5.41, 5.74) is 1.61. The number of anilines is 2. The number of para-hydroxylation sites is 2. The quantitative estimate of drug-likeness (QED) is 0.813. The van der Waals surface area contributed by atoms with Crippen LogP contribution in [0, 0.1) is 0 Å². The van der Waals surface area contributed by atoms with E-state index in [1.54, 1.807) is 6.07 Å². The first kappa shape index (κ1) is 17.6. The van der Waals surface area contributed by atoms with Gasteiger partial charge >= 0.3 is 0 Å². The molecule has 1 fully saturated rings. The third kappa shape index (κ3) is 2.95. The van der Waals surface area contributed by atoms with Crippen molar-refractivity contribution in [3.05, 3.63) is 52.5 Å². The molecule has 0 radical (unpaired) electrons. The number of fused-ring (bicyclic) bond motifs is 3. The lowest BCUT2D eigenvalue weighted by molar-refractivity contribution is -0.117. The molecule has 0 aromatic heterocycles. The second-order valence-electron chi connectivity index (χ2n) is 6.28. The molecule has 0 spiro atoms. The van der Waals surface area contributed by atoms with Crippen molar-refractivity contribution in [1.29, 1.82) is 0 Å². The van der Waals surface area contributed by atoms with Crippen LogP contribution in [-0.2, 0) is 14.8 Å². The molecule has 4 rings (SSSR count). The van der Waals surface area contributed by atoms with E-state index in [2.05, 4.69) is 10.0 Å². The highest BCUT2D eigenvalue weighted by atomic mass is 35.5. The van der Waals surface area contributed by atoms with Crippen molar-refractivity contribution in [2.24, 2.45) is 0 Å². The average molecular weight is 412 g/mol. The maximum absolute atomic E-state index is 12.8. The minimum absolute atomic E-state index is 0.0591. The van der Waals surface area contributed by atoms with Gasteiger partial charge in [-0.15, -0.1) is 0 Å². The van der Waals surface area contributed by atoms with Crippen LogP contribution in [0.1, 0.15) is 6.42 Å². The standard InChI is InChI=1S/C17H15Cl2N3O3S/c18-11-4-3-5-12(19)16(11)26(24,25)21-10-8-15-17(23)20-13-6-1-2-7-14(13)22(15)9-10/h1-7,10,15,21H,8-9H2,(H,20,23). The molecular formula is C17H15Cl2N3O3S. The van der Waals surface area contributed by atoms with Crippen LogP contribution < -0.4 is 14.9 Å². The van der Waals surface area contributed by atoms with Crippen molar-refractivity contribution in [1.82, 2.24) is 4.72 Å². The highest BCUT2D eigenvalue weighted by Crippen LogP contribution is 2.37. The molecule has 0 bridgehead atoms. The van der Waals surface area contributed by atoms with Crippen LogP contribution in [0.4, 0.5) is 11.4 Å². The summed E-state index contributed by atoms with van der Waals surface area (Å²) in [4.78, 5) is 14.1. The number of nitrogens with zero attached hydrogens (tertiary/aromatic N) is 1. The van der Waals surface area contributed by atoms with Crippen LogP contribution >= 0.6 is 23.2 Å². The van der Waals surface area contributed by atoms with E-state index in [0.29, 0.717) is 13.0 Å². The molecular weight excluding hydrogens is 397 g/mol. The fraction of sp³-hybridized carbons (Fsp3) is 0.235. The molecule has 2 N–H and O–H groups in total. The van der Waals surface area contributed by atoms with Gasteiger partial charge in [0.05, 0.1) is 21.4 Å².